The zero-order valence-corrected chi connectivity index (χ0v) is 13.2. The van der Waals surface area contributed by atoms with Crippen molar-refractivity contribution < 1.29 is 9.53 Å². The van der Waals surface area contributed by atoms with Gasteiger partial charge >= 0.3 is 0 Å². The molecule has 1 atom stereocenters. The number of amides is 1. The van der Waals surface area contributed by atoms with E-state index in [0.29, 0.717) is 31.6 Å². The summed E-state index contributed by atoms with van der Waals surface area (Å²) in [7, 11) is 1.94. The predicted octanol–water partition coefficient (Wildman–Crippen LogP) is 1.93. The minimum atomic E-state index is 0.205. The number of hydrogen-bond acceptors (Lipinski definition) is 3. The van der Waals surface area contributed by atoms with Gasteiger partial charge in [-0.3, -0.25) is 9.48 Å². The Kier molecular flexibility index (Phi) is 4.02. The highest BCUT2D eigenvalue weighted by molar-refractivity contribution is 5.80. The second-order valence-electron chi connectivity index (χ2n) is 6.56. The van der Waals surface area contributed by atoms with Gasteiger partial charge in [-0.25, -0.2) is 0 Å². The fourth-order valence-corrected chi connectivity index (χ4v) is 3.56. The predicted molar refractivity (Wildman–Crippen MR) is 79.7 cm³/mol. The molecule has 1 unspecified atom stereocenters. The highest BCUT2D eigenvalue weighted by atomic mass is 16.5. The number of nitrogens with zero attached hydrogens (tertiary/aromatic N) is 3. The van der Waals surface area contributed by atoms with Crippen LogP contribution in [-0.4, -0.2) is 40.3 Å². The van der Waals surface area contributed by atoms with Crippen molar-refractivity contribution >= 4 is 5.91 Å². The number of rotatable bonds is 4. The molecule has 0 aromatic carbocycles. The molecule has 1 aliphatic carbocycles. The van der Waals surface area contributed by atoms with Crippen LogP contribution in [0, 0.1) is 11.8 Å². The summed E-state index contributed by atoms with van der Waals surface area (Å²) in [6, 6.07) is 0. The first-order valence-electron chi connectivity index (χ1n) is 7.97. The van der Waals surface area contributed by atoms with Crippen LogP contribution >= 0.6 is 0 Å². The summed E-state index contributed by atoms with van der Waals surface area (Å²) in [4.78, 5) is 14.6. The van der Waals surface area contributed by atoms with Crippen LogP contribution in [0.5, 0.6) is 0 Å². The largest absolute Gasteiger partial charge is 0.381 e. The molecule has 2 aliphatic rings. The van der Waals surface area contributed by atoms with E-state index in [4.69, 9.17) is 4.74 Å². The van der Waals surface area contributed by atoms with Gasteiger partial charge in [-0.1, -0.05) is 6.92 Å². The molecule has 116 valence electrons. The molecular weight excluding hydrogens is 266 g/mol. The Hall–Kier alpha value is -1.36. The average Bonchev–Trinajstić information content (AvgIpc) is 2.80. The normalized spacial score (nSPS) is 28.1. The number of fused-ring (bicyclic) bond motifs is 1. The number of hydrogen-bond donors (Lipinski definition) is 0. The molecule has 0 saturated heterocycles. The van der Waals surface area contributed by atoms with E-state index in [1.54, 1.807) is 0 Å². The van der Waals surface area contributed by atoms with Gasteiger partial charge in [0.2, 0.25) is 5.91 Å². The molecule has 1 aromatic heterocycles. The third-order valence-corrected chi connectivity index (χ3v) is 4.68. The summed E-state index contributed by atoms with van der Waals surface area (Å²) in [6.45, 7) is 7.01. The summed E-state index contributed by atoms with van der Waals surface area (Å²) in [6.07, 6.45) is 4.13. The van der Waals surface area contributed by atoms with E-state index in [2.05, 4.69) is 12.0 Å². The third kappa shape index (κ3) is 2.84. The molecule has 5 heteroatoms. The van der Waals surface area contributed by atoms with Crippen LogP contribution in [0.1, 0.15) is 43.9 Å². The SMILES string of the molecule is CCOCC1CN(C(=O)C2CC(C)C2)Cc2cn(C)nc21. The number of carbonyl (C=O) groups excluding carboxylic acids is 1. The first kappa shape index (κ1) is 14.6. The highest BCUT2D eigenvalue weighted by Gasteiger charge is 2.38. The lowest BCUT2D eigenvalue weighted by molar-refractivity contribution is -0.141. The molecule has 0 bridgehead atoms. The molecular formula is C16H25N3O2. The Bertz CT molecular complexity index is 520. The van der Waals surface area contributed by atoms with Crippen molar-refractivity contribution in [2.75, 3.05) is 19.8 Å². The Morgan fingerprint density at radius 3 is 2.90 bits per heavy atom. The minimum absolute atomic E-state index is 0.205. The van der Waals surface area contributed by atoms with E-state index < -0.39 is 0 Å². The van der Waals surface area contributed by atoms with E-state index in [0.717, 1.165) is 25.1 Å². The summed E-state index contributed by atoms with van der Waals surface area (Å²) in [5, 5.41) is 4.57. The average molecular weight is 291 g/mol. The molecule has 1 fully saturated rings. The van der Waals surface area contributed by atoms with Crippen molar-refractivity contribution in [3.05, 3.63) is 17.5 Å². The summed E-state index contributed by atoms with van der Waals surface area (Å²) in [5.74, 6) is 1.48. The van der Waals surface area contributed by atoms with Crippen LogP contribution in [-0.2, 0) is 23.1 Å². The van der Waals surface area contributed by atoms with E-state index in [1.807, 2.05) is 29.7 Å². The van der Waals surface area contributed by atoms with Crippen LogP contribution in [0.4, 0.5) is 0 Å². The molecule has 3 rings (SSSR count). The van der Waals surface area contributed by atoms with Crippen LogP contribution in [0.25, 0.3) is 0 Å². The molecule has 5 nitrogen and oxygen atoms in total. The van der Waals surface area contributed by atoms with Crippen molar-refractivity contribution in [2.45, 2.75) is 39.2 Å². The maximum absolute atomic E-state index is 12.6. The van der Waals surface area contributed by atoms with E-state index >= 15 is 0 Å². The van der Waals surface area contributed by atoms with Gasteiger partial charge in [-0.2, -0.15) is 5.10 Å². The Morgan fingerprint density at radius 1 is 1.48 bits per heavy atom. The fourth-order valence-electron chi connectivity index (χ4n) is 3.56. The topological polar surface area (TPSA) is 47.4 Å². The van der Waals surface area contributed by atoms with Gasteiger partial charge in [0, 0.05) is 50.3 Å². The van der Waals surface area contributed by atoms with Crippen LogP contribution in [0.15, 0.2) is 6.20 Å². The van der Waals surface area contributed by atoms with Gasteiger partial charge in [-0.05, 0) is 25.7 Å². The Morgan fingerprint density at radius 2 is 2.24 bits per heavy atom. The Balaban J connectivity index is 1.74. The standard InChI is InChI=1S/C16H25N3O2/c1-4-21-10-14-9-19(16(20)12-5-11(2)6-12)8-13-7-18(3)17-15(13)14/h7,11-12,14H,4-6,8-10H2,1-3H3. The maximum atomic E-state index is 12.6. The van der Waals surface area contributed by atoms with Crippen molar-refractivity contribution in [1.82, 2.24) is 14.7 Å². The third-order valence-electron chi connectivity index (χ3n) is 4.68. The van der Waals surface area contributed by atoms with Crippen molar-refractivity contribution in [2.24, 2.45) is 18.9 Å². The van der Waals surface area contributed by atoms with Crippen molar-refractivity contribution in [3.8, 4) is 0 Å². The van der Waals surface area contributed by atoms with E-state index in [9.17, 15) is 4.79 Å². The number of aryl methyl sites for hydroxylation is 1. The summed E-state index contributed by atoms with van der Waals surface area (Å²) < 4.78 is 7.45. The molecule has 1 aliphatic heterocycles. The van der Waals surface area contributed by atoms with Crippen LogP contribution in [0.2, 0.25) is 0 Å². The minimum Gasteiger partial charge on any atom is -0.381 e. The highest BCUT2D eigenvalue weighted by Crippen LogP contribution is 2.36. The van der Waals surface area contributed by atoms with Crippen LogP contribution in [0.3, 0.4) is 0 Å². The second-order valence-corrected chi connectivity index (χ2v) is 6.56. The molecule has 1 saturated carbocycles. The molecule has 0 radical (unpaired) electrons. The zero-order valence-electron chi connectivity index (χ0n) is 13.2. The molecule has 0 spiro atoms. The van der Waals surface area contributed by atoms with Gasteiger partial charge in [0.25, 0.3) is 0 Å². The second kappa shape index (κ2) is 5.79. The van der Waals surface area contributed by atoms with E-state index in [-0.39, 0.29) is 11.8 Å². The van der Waals surface area contributed by atoms with Gasteiger partial charge in [0.15, 0.2) is 0 Å². The monoisotopic (exact) mass is 291 g/mol. The van der Waals surface area contributed by atoms with E-state index in [1.165, 1.54) is 5.56 Å². The number of ether oxygens (including phenoxy) is 1. The maximum Gasteiger partial charge on any atom is 0.226 e. The number of carbonyl (C=O) groups is 1. The molecule has 1 amide bonds. The molecule has 1 aromatic rings. The molecule has 2 heterocycles. The van der Waals surface area contributed by atoms with Gasteiger partial charge in [0.05, 0.1) is 12.3 Å². The lowest BCUT2D eigenvalue weighted by Gasteiger charge is -2.39. The van der Waals surface area contributed by atoms with Gasteiger partial charge < -0.3 is 9.64 Å². The molecule has 21 heavy (non-hydrogen) atoms. The lowest BCUT2D eigenvalue weighted by Crippen LogP contribution is -2.45. The van der Waals surface area contributed by atoms with Gasteiger partial charge in [0.1, 0.15) is 0 Å². The quantitative estimate of drug-likeness (QED) is 0.851. The number of aromatic nitrogens is 2. The first-order valence-corrected chi connectivity index (χ1v) is 7.97. The summed E-state index contributed by atoms with van der Waals surface area (Å²) in [5.41, 5.74) is 2.28. The van der Waals surface area contributed by atoms with Crippen molar-refractivity contribution in [3.63, 3.8) is 0 Å². The lowest BCUT2D eigenvalue weighted by atomic mass is 9.75. The Labute approximate surface area is 126 Å². The van der Waals surface area contributed by atoms with Crippen molar-refractivity contribution in [1.29, 1.82) is 0 Å². The first-order chi connectivity index (χ1) is 10.1. The van der Waals surface area contributed by atoms with Crippen LogP contribution < -0.4 is 0 Å². The zero-order chi connectivity index (χ0) is 15.0. The fraction of sp³-hybridized carbons (Fsp3) is 0.750. The van der Waals surface area contributed by atoms with Gasteiger partial charge in [-0.15, -0.1) is 0 Å². The smallest absolute Gasteiger partial charge is 0.226 e. The summed E-state index contributed by atoms with van der Waals surface area (Å²) >= 11 is 0. The molecule has 0 N–H and O–H groups in total.